The van der Waals surface area contributed by atoms with E-state index in [1.807, 2.05) is 6.20 Å². The van der Waals surface area contributed by atoms with Crippen LogP contribution in [-0.4, -0.2) is 14.5 Å². The van der Waals surface area contributed by atoms with Gasteiger partial charge in [-0.05, 0) is 0 Å². The predicted molar refractivity (Wildman–Crippen MR) is 49.8 cm³/mol. The van der Waals surface area contributed by atoms with Crippen molar-refractivity contribution in [2.45, 2.75) is 0 Å². The molecule has 0 spiro atoms. The van der Waals surface area contributed by atoms with Gasteiger partial charge < -0.3 is 4.90 Å². The second kappa shape index (κ2) is 3.57. The Bertz CT molecular complexity index is 277. The molecule has 0 saturated carbocycles. The van der Waals surface area contributed by atoms with Gasteiger partial charge in [0.05, 0.1) is 0 Å². The van der Waals surface area contributed by atoms with Gasteiger partial charge in [-0.15, -0.1) is 0 Å². The summed E-state index contributed by atoms with van der Waals surface area (Å²) in [6, 6.07) is 0. The molecule has 0 aromatic carbocycles. The monoisotopic (exact) mass is 161 g/mol. The van der Waals surface area contributed by atoms with Crippen LogP contribution in [0.5, 0.6) is 0 Å². The summed E-state index contributed by atoms with van der Waals surface area (Å²) < 4.78 is 1.78. The molecule has 3 heteroatoms. The van der Waals surface area contributed by atoms with Crippen LogP contribution in [0, 0.1) is 0 Å². The molecule has 3 nitrogen and oxygen atoms in total. The number of nitrogens with zero attached hydrogens (tertiary/aromatic N) is 3. The molecule has 1 aromatic heterocycles. The fourth-order valence-electron chi connectivity index (χ4n) is 0.830. The van der Waals surface area contributed by atoms with Gasteiger partial charge in [0, 0.05) is 24.8 Å². The van der Waals surface area contributed by atoms with Crippen LogP contribution in [0.15, 0.2) is 50.9 Å². The molecular weight excluding hydrogens is 150 g/mol. The minimum Gasteiger partial charge on any atom is -0.311 e. The Kier molecular flexibility index (Phi) is 2.48. The van der Waals surface area contributed by atoms with Crippen LogP contribution in [0.1, 0.15) is 0 Å². The van der Waals surface area contributed by atoms with E-state index in [-0.39, 0.29) is 0 Å². The van der Waals surface area contributed by atoms with Crippen LogP contribution in [0.2, 0.25) is 0 Å². The van der Waals surface area contributed by atoms with Crippen molar-refractivity contribution in [1.82, 2.24) is 14.5 Å². The highest BCUT2D eigenvalue weighted by molar-refractivity contribution is 5.41. The third-order valence-corrected chi connectivity index (χ3v) is 1.49. The zero-order valence-corrected chi connectivity index (χ0v) is 6.85. The molecular formula is C9H11N3. The van der Waals surface area contributed by atoms with Crippen LogP contribution in [0.25, 0.3) is 5.82 Å². The Hall–Kier alpha value is -1.77. The van der Waals surface area contributed by atoms with Gasteiger partial charge in [0.25, 0.3) is 0 Å². The zero-order valence-electron chi connectivity index (χ0n) is 6.85. The number of hydrogen-bond acceptors (Lipinski definition) is 2. The summed E-state index contributed by atoms with van der Waals surface area (Å²) in [6.45, 7) is 11.1. The standard InChI is InChI=1S/C9H11N3/c1-4-11(5-2)9(3)12-7-6-10-8-12/h4-8H,1-3H2. The normalized spacial score (nSPS) is 9.00. The molecule has 0 aliphatic heterocycles. The third-order valence-electron chi connectivity index (χ3n) is 1.49. The molecule has 0 fully saturated rings. The first-order chi connectivity index (χ1) is 5.79. The van der Waals surface area contributed by atoms with Gasteiger partial charge in [0.2, 0.25) is 0 Å². The fraction of sp³-hybridized carbons (Fsp3) is 0. The van der Waals surface area contributed by atoms with Gasteiger partial charge in [0.1, 0.15) is 12.1 Å². The predicted octanol–water partition coefficient (Wildman–Crippen LogP) is 1.90. The summed E-state index contributed by atoms with van der Waals surface area (Å²) in [5.74, 6) is 0.748. The van der Waals surface area contributed by atoms with Gasteiger partial charge in [-0.3, -0.25) is 4.57 Å². The van der Waals surface area contributed by atoms with Crippen LogP contribution in [-0.2, 0) is 0 Å². The smallest absolute Gasteiger partial charge is 0.114 e. The van der Waals surface area contributed by atoms with Crippen molar-refractivity contribution in [2.24, 2.45) is 0 Å². The zero-order chi connectivity index (χ0) is 8.97. The molecule has 1 rings (SSSR count). The second-order valence-electron chi connectivity index (χ2n) is 2.16. The highest BCUT2D eigenvalue weighted by atomic mass is 15.2. The van der Waals surface area contributed by atoms with Crippen LogP contribution in [0.3, 0.4) is 0 Å². The van der Waals surface area contributed by atoms with Gasteiger partial charge in [-0.25, -0.2) is 4.98 Å². The van der Waals surface area contributed by atoms with Gasteiger partial charge in [0.15, 0.2) is 0 Å². The van der Waals surface area contributed by atoms with Crippen molar-refractivity contribution >= 4 is 5.82 Å². The maximum atomic E-state index is 3.90. The van der Waals surface area contributed by atoms with E-state index in [4.69, 9.17) is 0 Å². The number of imidazole rings is 1. The molecule has 0 amide bonds. The van der Waals surface area contributed by atoms with E-state index in [1.165, 1.54) is 0 Å². The minimum absolute atomic E-state index is 0.748. The minimum atomic E-state index is 0.748. The highest BCUT2D eigenvalue weighted by Gasteiger charge is 1.99. The lowest BCUT2D eigenvalue weighted by Crippen LogP contribution is -2.10. The molecule has 0 saturated heterocycles. The van der Waals surface area contributed by atoms with Crippen molar-refractivity contribution in [3.05, 3.63) is 50.9 Å². The van der Waals surface area contributed by atoms with Crippen LogP contribution >= 0.6 is 0 Å². The SMILES string of the molecule is C=CN(C=C)C(=C)n1ccnc1. The average Bonchev–Trinajstić information content (AvgIpc) is 2.58. The molecule has 0 aliphatic rings. The number of aromatic nitrogens is 2. The van der Waals surface area contributed by atoms with E-state index in [2.05, 4.69) is 24.7 Å². The molecule has 12 heavy (non-hydrogen) atoms. The lowest BCUT2D eigenvalue weighted by Gasteiger charge is -2.17. The lowest BCUT2D eigenvalue weighted by molar-refractivity contribution is 0.676. The maximum Gasteiger partial charge on any atom is 0.114 e. The molecule has 0 atom stereocenters. The summed E-state index contributed by atoms with van der Waals surface area (Å²) in [7, 11) is 0. The van der Waals surface area contributed by atoms with Crippen LogP contribution in [0.4, 0.5) is 0 Å². The van der Waals surface area contributed by atoms with E-state index in [9.17, 15) is 0 Å². The molecule has 0 bridgehead atoms. The van der Waals surface area contributed by atoms with E-state index < -0.39 is 0 Å². The summed E-state index contributed by atoms with van der Waals surface area (Å²) in [4.78, 5) is 5.61. The summed E-state index contributed by atoms with van der Waals surface area (Å²) >= 11 is 0. The molecule has 1 heterocycles. The first-order valence-corrected chi connectivity index (χ1v) is 3.50. The topological polar surface area (TPSA) is 21.1 Å². The molecule has 0 aliphatic carbocycles. The van der Waals surface area contributed by atoms with Gasteiger partial charge in [-0.2, -0.15) is 0 Å². The second-order valence-corrected chi connectivity index (χ2v) is 2.16. The van der Waals surface area contributed by atoms with E-state index in [0.717, 1.165) is 5.82 Å². The summed E-state index contributed by atoms with van der Waals surface area (Å²) in [5, 5.41) is 0. The first kappa shape index (κ1) is 8.33. The van der Waals surface area contributed by atoms with Crippen molar-refractivity contribution < 1.29 is 0 Å². The lowest BCUT2D eigenvalue weighted by atomic mass is 10.6. The Morgan fingerprint density at radius 3 is 2.50 bits per heavy atom. The highest BCUT2D eigenvalue weighted by Crippen LogP contribution is 2.07. The van der Waals surface area contributed by atoms with Crippen molar-refractivity contribution in [3.63, 3.8) is 0 Å². The summed E-state index contributed by atoms with van der Waals surface area (Å²) in [6.07, 6.45) is 8.44. The van der Waals surface area contributed by atoms with E-state index in [0.29, 0.717) is 0 Å². The molecule has 0 radical (unpaired) electrons. The van der Waals surface area contributed by atoms with Gasteiger partial charge in [-0.1, -0.05) is 19.7 Å². The maximum absolute atomic E-state index is 3.90. The van der Waals surface area contributed by atoms with Crippen molar-refractivity contribution in [1.29, 1.82) is 0 Å². The molecule has 0 unspecified atom stereocenters. The van der Waals surface area contributed by atoms with E-state index in [1.54, 1.807) is 34.4 Å². The van der Waals surface area contributed by atoms with Crippen molar-refractivity contribution in [3.8, 4) is 0 Å². The largest absolute Gasteiger partial charge is 0.311 e. The molecule has 62 valence electrons. The number of hydrogen-bond donors (Lipinski definition) is 0. The first-order valence-electron chi connectivity index (χ1n) is 3.50. The molecule has 0 N–H and O–H groups in total. The fourth-order valence-corrected chi connectivity index (χ4v) is 0.830. The van der Waals surface area contributed by atoms with Gasteiger partial charge >= 0.3 is 0 Å². The average molecular weight is 161 g/mol. The quantitative estimate of drug-likeness (QED) is 0.672. The Labute approximate surface area is 72.0 Å². The van der Waals surface area contributed by atoms with Crippen molar-refractivity contribution in [2.75, 3.05) is 0 Å². The number of rotatable bonds is 4. The Balaban J connectivity index is 2.84. The van der Waals surface area contributed by atoms with E-state index >= 15 is 0 Å². The Morgan fingerprint density at radius 2 is 2.08 bits per heavy atom. The molecule has 1 aromatic rings. The van der Waals surface area contributed by atoms with Crippen LogP contribution < -0.4 is 0 Å². The Morgan fingerprint density at radius 1 is 1.42 bits per heavy atom. The third kappa shape index (κ3) is 1.45. The summed E-state index contributed by atoms with van der Waals surface area (Å²) in [5.41, 5.74) is 0.